The van der Waals surface area contributed by atoms with E-state index in [0.717, 1.165) is 22.4 Å². The van der Waals surface area contributed by atoms with Crippen LogP contribution in [-0.4, -0.2) is 27.7 Å². The summed E-state index contributed by atoms with van der Waals surface area (Å²) in [4.78, 5) is 37.6. The number of nitrogens with one attached hydrogen (secondary N) is 1. The maximum Gasteiger partial charge on any atom is 0.437 e. The average molecular weight is 413 g/mol. The lowest BCUT2D eigenvalue weighted by Crippen LogP contribution is -2.33. The van der Waals surface area contributed by atoms with Gasteiger partial charge in [0.25, 0.3) is 11.8 Å². The predicted octanol–water partition coefficient (Wildman–Crippen LogP) is 2.52. The molecule has 0 unspecified atom stereocenters. The van der Waals surface area contributed by atoms with Gasteiger partial charge >= 0.3 is 11.7 Å². The Labute approximate surface area is 170 Å². The Balaban J connectivity index is 1.40. The molecule has 8 nitrogen and oxygen atoms in total. The van der Waals surface area contributed by atoms with Crippen LogP contribution in [-0.2, 0) is 20.9 Å². The molecule has 3 aromatic rings. The van der Waals surface area contributed by atoms with Crippen molar-refractivity contribution in [1.29, 1.82) is 0 Å². The van der Waals surface area contributed by atoms with Gasteiger partial charge in [0.2, 0.25) is 6.10 Å². The fourth-order valence-corrected chi connectivity index (χ4v) is 3.38. The smallest absolute Gasteiger partial charge is 0.437 e. The van der Waals surface area contributed by atoms with Crippen LogP contribution in [0.1, 0.15) is 30.9 Å². The van der Waals surface area contributed by atoms with E-state index < -0.39 is 17.8 Å². The molecule has 29 heavy (non-hydrogen) atoms. The van der Waals surface area contributed by atoms with Crippen LogP contribution in [0.4, 0.5) is 0 Å². The molecule has 1 amide bonds. The van der Waals surface area contributed by atoms with Gasteiger partial charge in [-0.3, -0.25) is 9.59 Å². The maximum absolute atomic E-state index is 12.5. The molecule has 0 saturated heterocycles. The largest absolute Gasteiger partial charge is 0.447 e. The molecule has 1 aliphatic carbocycles. The van der Waals surface area contributed by atoms with E-state index in [1.165, 1.54) is 11.3 Å². The summed E-state index contributed by atoms with van der Waals surface area (Å²) in [5.41, 5.74) is 0.595. The van der Waals surface area contributed by atoms with Crippen molar-refractivity contribution in [1.82, 2.24) is 15.1 Å². The van der Waals surface area contributed by atoms with Gasteiger partial charge in [-0.15, -0.1) is 16.4 Å². The number of benzene rings is 1. The Hall–Kier alpha value is -3.20. The van der Waals surface area contributed by atoms with E-state index >= 15 is 0 Å². The number of ether oxygens (including phenoxy) is 1. The van der Waals surface area contributed by atoms with Crippen LogP contribution >= 0.6 is 11.3 Å². The highest BCUT2D eigenvalue weighted by Gasteiger charge is 2.30. The summed E-state index contributed by atoms with van der Waals surface area (Å²) in [7, 11) is 0. The van der Waals surface area contributed by atoms with Gasteiger partial charge in [-0.1, -0.05) is 36.4 Å². The lowest BCUT2D eigenvalue weighted by Gasteiger charge is -2.18. The number of hydrogen-bond acceptors (Lipinski definition) is 7. The van der Waals surface area contributed by atoms with Gasteiger partial charge in [0.1, 0.15) is 0 Å². The van der Waals surface area contributed by atoms with E-state index in [-0.39, 0.29) is 30.8 Å². The molecule has 1 atom stereocenters. The minimum Gasteiger partial charge on any atom is -0.447 e. The van der Waals surface area contributed by atoms with Crippen molar-refractivity contribution in [3.8, 4) is 10.8 Å². The number of rotatable bonds is 8. The number of nitrogens with zero attached hydrogens (tertiary/aromatic N) is 2. The molecule has 1 fully saturated rings. The first-order chi connectivity index (χ1) is 14.1. The Morgan fingerprint density at radius 1 is 1.24 bits per heavy atom. The van der Waals surface area contributed by atoms with Crippen molar-refractivity contribution in [2.75, 3.05) is 0 Å². The lowest BCUT2D eigenvalue weighted by molar-refractivity contribution is -0.156. The molecule has 150 valence electrons. The quantitative estimate of drug-likeness (QED) is 0.569. The molecule has 0 aliphatic heterocycles. The van der Waals surface area contributed by atoms with Gasteiger partial charge in [-0.2, -0.15) is 4.68 Å². The third kappa shape index (κ3) is 4.80. The number of amides is 1. The van der Waals surface area contributed by atoms with Gasteiger partial charge in [-0.05, 0) is 24.3 Å². The van der Waals surface area contributed by atoms with Gasteiger partial charge in [-0.25, -0.2) is 4.79 Å². The first kappa shape index (κ1) is 19.1. The minimum absolute atomic E-state index is 0.00169. The van der Waals surface area contributed by atoms with Crippen LogP contribution < -0.4 is 11.1 Å². The summed E-state index contributed by atoms with van der Waals surface area (Å²) in [6, 6.07) is 12.6. The normalized spacial score (nSPS) is 14.3. The molecule has 1 aliphatic rings. The molecule has 2 aromatic heterocycles. The number of aromatic nitrogens is 2. The summed E-state index contributed by atoms with van der Waals surface area (Å²) < 4.78 is 11.6. The monoisotopic (exact) mass is 413 g/mol. The standard InChI is InChI=1S/C20H19N3O5S/c24-16(10-11-23-20(26)28-19(22-23)15-7-4-12-29-15)27-17(13-5-2-1-3-6-13)18(25)21-14-8-9-14/h1-7,12,14,17H,8-11H2,(H,21,25)/t17-/m0/s1. The van der Waals surface area contributed by atoms with Crippen LogP contribution in [0.15, 0.2) is 57.1 Å². The second kappa shape index (κ2) is 8.44. The van der Waals surface area contributed by atoms with Gasteiger partial charge in [0, 0.05) is 11.6 Å². The SMILES string of the molecule is O=C(CCn1nc(-c2cccs2)oc1=O)O[C@H](C(=O)NC1CC1)c1ccccc1. The Morgan fingerprint density at radius 2 is 2.03 bits per heavy atom. The van der Waals surface area contributed by atoms with E-state index in [4.69, 9.17) is 9.15 Å². The maximum atomic E-state index is 12.5. The summed E-state index contributed by atoms with van der Waals surface area (Å²) in [5.74, 6) is -1.38. The molecular weight excluding hydrogens is 394 g/mol. The Bertz CT molecular complexity index is 1040. The van der Waals surface area contributed by atoms with Crippen molar-refractivity contribution in [3.63, 3.8) is 0 Å². The molecule has 1 aromatic carbocycles. The molecule has 1 N–H and O–H groups in total. The highest BCUT2D eigenvalue weighted by Crippen LogP contribution is 2.24. The molecular formula is C20H19N3O5S. The van der Waals surface area contributed by atoms with Gasteiger partial charge in [0.05, 0.1) is 17.8 Å². The van der Waals surface area contributed by atoms with Crippen molar-refractivity contribution >= 4 is 23.2 Å². The highest BCUT2D eigenvalue weighted by atomic mass is 32.1. The number of aryl methyl sites for hydroxylation is 1. The van der Waals surface area contributed by atoms with Gasteiger partial charge in [0.15, 0.2) is 0 Å². The van der Waals surface area contributed by atoms with Crippen LogP contribution in [0.25, 0.3) is 10.8 Å². The summed E-state index contributed by atoms with van der Waals surface area (Å²) in [6.07, 6.45) is 0.724. The molecule has 0 bridgehead atoms. The summed E-state index contributed by atoms with van der Waals surface area (Å²) in [6.45, 7) is -0.00169. The fraction of sp³-hybridized carbons (Fsp3) is 0.300. The van der Waals surface area contributed by atoms with Crippen molar-refractivity contribution in [2.45, 2.75) is 38.0 Å². The van der Waals surface area contributed by atoms with E-state index in [1.807, 2.05) is 17.5 Å². The van der Waals surface area contributed by atoms with Crippen LogP contribution in [0.3, 0.4) is 0 Å². The minimum atomic E-state index is -1.03. The third-order valence-corrected chi connectivity index (χ3v) is 5.24. The number of carbonyl (C=O) groups is 2. The van der Waals surface area contributed by atoms with Crippen LogP contribution in [0.5, 0.6) is 0 Å². The van der Waals surface area contributed by atoms with Crippen molar-refractivity contribution < 1.29 is 18.7 Å². The number of esters is 1. The Morgan fingerprint density at radius 3 is 2.72 bits per heavy atom. The van der Waals surface area contributed by atoms with E-state index in [0.29, 0.717) is 5.56 Å². The first-order valence-electron chi connectivity index (χ1n) is 9.27. The van der Waals surface area contributed by atoms with Crippen LogP contribution in [0, 0.1) is 0 Å². The zero-order valence-corrected chi connectivity index (χ0v) is 16.3. The average Bonchev–Trinajstić information content (AvgIpc) is 3.22. The number of thiophene rings is 1. The number of carbonyl (C=O) groups excluding carboxylic acids is 2. The zero-order valence-electron chi connectivity index (χ0n) is 15.4. The van der Waals surface area contributed by atoms with E-state index in [1.54, 1.807) is 30.3 Å². The van der Waals surface area contributed by atoms with Crippen molar-refractivity contribution in [2.24, 2.45) is 0 Å². The van der Waals surface area contributed by atoms with Crippen molar-refractivity contribution in [3.05, 3.63) is 64.0 Å². The Kier molecular flexibility index (Phi) is 5.57. The van der Waals surface area contributed by atoms with E-state index in [9.17, 15) is 14.4 Å². The molecule has 4 rings (SSSR count). The van der Waals surface area contributed by atoms with Gasteiger partial charge < -0.3 is 14.5 Å². The second-order valence-electron chi connectivity index (χ2n) is 6.69. The second-order valence-corrected chi connectivity index (χ2v) is 7.63. The number of hydrogen-bond donors (Lipinski definition) is 1. The predicted molar refractivity (Wildman–Crippen MR) is 105 cm³/mol. The molecule has 9 heteroatoms. The van der Waals surface area contributed by atoms with E-state index in [2.05, 4.69) is 10.4 Å². The fourth-order valence-electron chi connectivity index (χ4n) is 2.74. The molecule has 2 heterocycles. The first-order valence-corrected chi connectivity index (χ1v) is 10.1. The highest BCUT2D eigenvalue weighted by molar-refractivity contribution is 7.13. The topological polar surface area (TPSA) is 103 Å². The third-order valence-electron chi connectivity index (χ3n) is 4.38. The van der Waals surface area contributed by atoms with Crippen LogP contribution in [0.2, 0.25) is 0 Å². The lowest BCUT2D eigenvalue weighted by atomic mass is 10.1. The summed E-state index contributed by atoms with van der Waals surface area (Å²) in [5, 5.41) is 8.82. The molecule has 0 spiro atoms. The zero-order chi connectivity index (χ0) is 20.2. The summed E-state index contributed by atoms with van der Waals surface area (Å²) >= 11 is 1.40. The molecule has 1 saturated carbocycles. The molecule has 0 radical (unpaired) electrons.